The van der Waals surface area contributed by atoms with Crippen LogP contribution in [-0.4, -0.2) is 31.5 Å². The fourth-order valence-corrected chi connectivity index (χ4v) is 2.06. The number of benzene rings is 1. The molecule has 1 aliphatic rings. The number of hydrogen-bond acceptors (Lipinski definition) is 2. The minimum absolute atomic E-state index is 0.00548. The van der Waals surface area contributed by atoms with E-state index in [-0.39, 0.29) is 31.1 Å². The van der Waals surface area contributed by atoms with Gasteiger partial charge in [0.2, 0.25) is 5.91 Å². The number of halogens is 3. The number of carbonyl (C=O) groups is 1. The van der Waals surface area contributed by atoms with E-state index in [1.807, 2.05) is 0 Å². The second-order valence-corrected chi connectivity index (χ2v) is 4.86. The van der Waals surface area contributed by atoms with E-state index in [0.717, 1.165) is 0 Å². The number of carbonyl (C=O) groups excluding carboxylic acids is 1. The third-order valence-electron chi connectivity index (χ3n) is 3.08. The summed E-state index contributed by atoms with van der Waals surface area (Å²) in [5.74, 6) is -3.37. The zero-order valence-corrected chi connectivity index (χ0v) is 10.5. The maximum absolute atomic E-state index is 13.0. The zero-order valence-electron chi connectivity index (χ0n) is 10.5. The van der Waals surface area contributed by atoms with Gasteiger partial charge in [-0.15, -0.1) is 0 Å². The van der Waals surface area contributed by atoms with Crippen molar-refractivity contribution in [3.63, 3.8) is 0 Å². The number of anilines is 1. The van der Waals surface area contributed by atoms with Gasteiger partial charge in [0.1, 0.15) is 5.82 Å². The van der Waals surface area contributed by atoms with E-state index in [0.29, 0.717) is 5.69 Å². The van der Waals surface area contributed by atoms with Crippen LogP contribution in [0.1, 0.15) is 12.8 Å². The van der Waals surface area contributed by atoms with Gasteiger partial charge < -0.3 is 10.2 Å². The average Bonchev–Trinajstić information content (AvgIpc) is 2.26. The maximum Gasteiger partial charge on any atom is 0.252 e. The molecule has 0 bridgehead atoms. The Bertz CT molecular complexity index is 471. The Kier molecular flexibility index (Phi) is 3.68. The summed E-state index contributed by atoms with van der Waals surface area (Å²) in [7, 11) is 1.64. The first kappa shape index (κ1) is 13.7. The summed E-state index contributed by atoms with van der Waals surface area (Å²) in [5.41, 5.74) is 0.564. The van der Waals surface area contributed by atoms with Gasteiger partial charge in [0.05, 0.1) is 6.54 Å². The van der Waals surface area contributed by atoms with Gasteiger partial charge in [-0.2, -0.15) is 0 Å². The monoisotopic (exact) mass is 272 g/mol. The van der Waals surface area contributed by atoms with Crippen LogP contribution in [0.2, 0.25) is 0 Å². The molecule has 6 heteroatoms. The molecule has 1 aliphatic carbocycles. The molecular formula is C13H15F3N2O. The summed E-state index contributed by atoms with van der Waals surface area (Å²) in [6.07, 6.45) is -0.606. The number of alkyl halides is 2. The van der Waals surface area contributed by atoms with Crippen LogP contribution < -0.4 is 10.2 Å². The third-order valence-corrected chi connectivity index (χ3v) is 3.08. The lowest BCUT2D eigenvalue weighted by Gasteiger charge is -2.35. The minimum Gasteiger partial charge on any atom is -0.365 e. The average molecular weight is 272 g/mol. The Morgan fingerprint density at radius 2 is 2.16 bits per heavy atom. The molecule has 0 atom stereocenters. The van der Waals surface area contributed by atoms with Crippen molar-refractivity contribution in [3.8, 4) is 0 Å². The van der Waals surface area contributed by atoms with E-state index < -0.39 is 12.0 Å². The van der Waals surface area contributed by atoms with E-state index in [1.165, 1.54) is 12.1 Å². The first-order chi connectivity index (χ1) is 8.85. The number of hydrogen-bond donors (Lipinski definition) is 1. The van der Waals surface area contributed by atoms with Gasteiger partial charge in [0.25, 0.3) is 5.92 Å². The lowest BCUT2D eigenvalue weighted by Crippen LogP contribution is -2.52. The van der Waals surface area contributed by atoms with Gasteiger partial charge in [-0.1, -0.05) is 6.07 Å². The van der Waals surface area contributed by atoms with E-state index in [9.17, 15) is 18.0 Å². The highest BCUT2D eigenvalue weighted by molar-refractivity contribution is 5.81. The molecular weight excluding hydrogens is 257 g/mol. The molecule has 1 saturated carbocycles. The van der Waals surface area contributed by atoms with Crippen molar-refractivity contribution in [2.75, 3.05) is 18.5 Å². The topological polar surface area (TPSA) is 32.3 Å². The van der Waals surface area contributed by atoms with Crippen LogP contribution in [0.3, 0.4) is 0 Å². The summed E-state index contributed by atoms with van der Waals surface area (Å²) in [6, 6.07) is 5.39. The minimum atomic E-state index is -2.65. The quantitative estimate of drug-likeness (QED) is 0.911. The summed E-state index contributed by atoms with van der Waals surface area (Å²) in [5, 5.41) is 2.53. The van der Waals surface area contributed by atoms with E-state index >= 15 is 0 Å². The second-order valence-electron chi connectivity index (χ2n) is 4.86. The molecule has 1 N–H and O–H groups in total. The molecule has 19 heavy (non-hydrogen) atoms. The van der Waals surface area contributed by atoms with Crippen LogP contribution >= 0.6 is 0 Å². The van der Waals surface area contributed by atoms with Crippen molar-refractivity contribution >= 4 is 11.6 Å². The SMILES string of the molecule is CN(CC(=O)NC1CC(F)(F)C1)c1cccc(F)c1. The molecule has 2 rings (SSSR count). The second kappa shape index (κ2) is 5.11. The largest absolute Gasteiger partial charge is 0.365 e. The van der Waals surface area contributed by atoms with Crippen molar-refractivity contribution in [1.82, 2.24) is 5.32 Å². The van der Waals surface area contributed by atoms with Gasteiger partial charge in [-0.25, -0.2) is 13.2 Å². The number of likely N-dealkylation sites (N-methyl/N-ethyl adjacent to an activating group) is 1. The highest BCUT2D eigenvalue weighted by Crippen LogP contribution is 2.37. The van der Waals surface area contributed by atoms with E-state index in [4.69, 9.17) is 0 Å². The Labute approximate surface area is 109 Å². The molecule has 0 saturated heterocycles. The standard InChI is InChI=1S/C13H15F3N2O/c1-18(11-4-2-3-9(14)5-11)8-12(19)17-10-6-13(15,16)7-10/h2-5,10H,6-8H2,1H3,(H,17,19). The van der Waals surface area contributed by atoms with Crippen molar-refractivity contribution in [2.45, 2.75) is 24.8 Å². The number of nitrogens with zero attached hydrogens (tertiary/aromatic N) is 1. The summed E-state index contributed by atoms with van der Waals surface area (Å²) in [6.45, 7) is 0.00548. The van der Waals surface area contributed by atoms with Crippen LogP contribution in [0.25, 0.3) is 0 Å². The summed E-state index contributed by atoms with van der Waals surface area (Å²) in [4.78, 5) is 13.2. The molecule has 1 aromatic carbocycles. The van der Waals surface area contributed by atoms with Crippen molar-refractivity contribution < 1.29 is 18.0 Å². The Morgan fingerprint density at radius 3 is 2.74 bits per heavy atom. The molecule has 1 amide bonds. The van der Waals surface area contributed by atoms with Gasteiger partial charge in [-0.05, 0) is 18.2 Å². The van der Waals surface area contributed by atoms with Crippen LogP contribution in [0, 0.1) is 5.82 Å². The predicted octanol–water partition coefficient (Wildman–Crippen LogP) is 2.18. The van der Waals surface area contributed by atoms with Gasteiger partial charge in [0.15, 0.2) is 0 Å². The first-order valence-electron chi connectivity index (χ1n) is 6.00. The number of nitrogens with one attached hydrogen (secondary N) is 1. The van der Waals surface area contributed by atoms with Crippen molar-refractivity contribution in [3.05, 3.63) is 30.1 Å². The molecule has 0 aliphatic heterocycles. The van der Waals surface area contributed by atoms with Crippen LogP contribution in [0.5, 0.6) is 0 Å². The van der Waals surface area contributed by atoms with Crippen LogP contribution in [0.15, 0.2) is 24.3 Å². The fraction of sp³-hybridized carbons (Fsp3) is 0.462. The maximum atomic E-state index is 13.0. The smallest absolute Gasteiger partial charge is 0.252 e. The Balaban J connectivity index is 1.82. The van der Waals surface area contributed by atoms with Crippen molar-refractivity contribution in [1.29, 1.82) is 0 Å². The highest BCUT2D eigenvalue weighted by Gasteiger charge is 2.45. The van der Waals surface area contributed by atoms with E-state index in [2.05, 4.69) is 5.32 Å². The summed E-state index contributed by atoms with van der Waals surface area (Å²) < 4.78 is 38.2. The van der Waals surface area contributed by atoms with Crippen molar-refractivity contribution in [2.24, 2.45) is 0 Å². The molecule has 0 radical (unpaired) electrons. The molecule has 3 nitrogen and oxygen atoms in total. The first-order valence-corrected chi connectivity index (χ1v) is 6.00. The molecule has 104 valence electrons. The Morgan fingerprint density at radius 1 is 1.47 bits per heavy atom. The van der Waals surface area contributed by atoms with Crippen LogP contribution in [-0.2, 0) is 4.79 Å². The van der Waals surface area contributed by atoms with Crippen LogP contribution in [0.4, 0.5) is 18.9 Å². The zero-order chi connectivity index (χ0) is 14.0. The molecule has 1 aromatic rings. The van der Waals surface area contributed by atoms with E-state index in [1.54, 1.807) is 24.1 Å². The number of rotatable bonds is 4. The molecule has 0 heterocycles. The van der Waals surface area contributed by atoms with Gasteiger partial charge in [-0.3, -0.25) is 4.79 Å². The number of amides is 1. The Hall–Kier alpha value is -1.72. The third kappa shape index (κ3) is 3.62. The lowest BCUT2D eigenvalue weighted by molar-refractivity contribution is -0.127. The predicted molar refractivity (Wildman–Crippen MR) is 65.8 cm³/mol. The summed E-state index contributed by atoms with van der Waals surface area (Å²) >= 11 is 0. The lowest BCUT2D eigenvalue weighted by atomic mass is 9.88. The fourth-order valence-electron chi connectivity index (χ4n) is 2.06. The molecule has 0 unspecified atom stereocenters. The highest BCUT2D eigenvalue weighted by atomic mass is 19.3. The van der Waals surface area contributed by atoms with Gasteiger partial charge >= 0.3 is 0 Å². The molecule has 0 aromatic heterocycles. The van der Waals surface area contributed by atoms with Gasteiger partial charge in [0, 0.05) is 31.6 Å². The molecule has 0 spiro atoms. The molecule has 1 fully saturated rings. The normalized spacial score (nSPS) is 17.7.